The lowest BCUT2D eigenvalue weighted by atomic mass is 10.1. The Kier molecular flexibility index (Phi) is 1.71. The number of hydrogen-bond donors (Lipinski definition) is 0. The standard InChI is InChI=1S/C22H12/c1-2-6-14-13(5-1)17-9-10-19-15-7-3-4-8-16(15)20-12-11-18(14)21(17)22(19)20/h1-12H. The van der Waals surface area contributed by atoms with Crippen molar-refractivity contribution < 1.29 is 0 Å². The van der Waals surface area contributed by atoms with Crippen molar-refractivity contribution in [2.24, 2.45) is 0 Å². The van der Waals surface area contributed by atoms with Crippen molar-refractivity contribution in [2.75, 3.05) is 0 Å². The first-order valence-electron chi connectivity index (χ1n) is 7.73. The highest BCUT2D eigenvalue weighted by Crippen LogP contribution is 2.28. The summed E-state index contributed by atoms with van der Waals surface area (Å²) in [6, 6.07) is 26.8. The van der Waals surface area contributed by atoms with Crippen molar-refractivity contribution in [3.8, 4) is 0 Å². The lowest BCUT2D eigenvalue weighted by Gasteiger charge is -1.97. The lowest BCUT2D eigenvalue weighted by molar-refractivity contribution is 1.47. The fourth-order valence-electron chi connectivity index (χ4n) is 4.30. The SMILES string of the molecule is c1ccc2c(c1)=c1ccc3c4c(ccc=2c14)=c1ccccc1=3. The molecule has 0 N–H and O–H groups in total. The van der Waals surface area contributed by atoms with E-state index in [-0.39, 0.29) is 0 Å². The molecule has 4 aromatic rings. The van der Waals surface area contributed by atoms with E-state index >= 15 is 0 Å². The Labute approximate surface area is 125 Å². The summed E-state index contributed by atoms with van der Waals surface area (Å²) in [7, 11) is 0. The Morgan fingerprint density at radius 2 is 0.545 bits per heavy atom. The second kappa shape index (κ2) is 3.48. The summed E-state index contributed by atoms with van der Waals surface area (Å²) in [5, 5.41) is 13.9. The van der Waals surface area contributed by atoms with Crippen molar-refractivity contribution in [1.29, 1.82) is 0 Å². The third kappa shape index (κ3) is 1.05. The van der Waals surface area contributed by atoms with Crippen molar-refractivity contribution >= 4 is 10.8 Å². The van der Waals surface area contributed by atoms with Gasteiger partial charge in [0.15, 0.2) is 0 Å². The maximum atomic E-state index is 2.30. The first-order chi connectivity index (χ1) is 10.9. The van der Waals surface area contributed by atoms with Crippen molar-refractivity contribution in [1.82, 2.24) is 0 Å². The molecule has 6 rings (SSSR count). The summed E-state index contributed by atoms with van der Waals surface area (Å²) in [5.74, 6) is 0. The van der Waals surface area contributed by atoms with Crippen LogP contribution in [-0.4, -0.2) is 0 Å². The highest BCUT2D eigenvalue weighted by Gasteiger charge is 2.11. The predicted molar refractivity (Wildman–Crippen MR) is 87.5 cm³/mol. The minimum absolute atomic E-state index is 1.37. The van der Waals surface area contributed by atoms with Crippen LogP contribution in [0.3, 0.4) is 0 Å². The van der Waals surface area contributed by atoms with Gasteiger partial charge in [-0.1, -0.05) is 72.8 Å². The molecule has 0 spiro atoms. The molecule has 0 unspecified atom stereocenters. The van der Waals surface area contributed by atoms with Gasteiger partial charge in [0, 0.05) is 0 Å². The third-order valence-electron chi connectivity index (χ3n) is 5.18. The van der Waals surface area contributed by atoms with Gasteiger partial charge in [-0.25, -0.2) is 0 Å². The second-order valence-corrected chi connectivity index (χ2v) is 6.16. The van der Waals surface area contributed by atoms with E-state index < -0.39 is 0 Å². The van der Waals surface area contributed by atoms with Crippen LogP contribution in [0.2, 0.25) is 0 Å². The quantitative estimate of drug-likeness (QED) is 0.380. The summed E-state index contributed by atoms with van der Waals surface area (Å²) >= 11 is 0. The van der Waals surface area contributed by atoms with Crippen LogP contribution < -0.4 is 0 Å². The highest BCUT2D eigenvalue weighted by atomic mass is 14.1. The van der Waals surface area contributed by atoms with Crippen LogP contribution in [0.15, 0.2) is 72.8 Å². The van der Waals surface area contributed by atoms with Gasteiger partial charge in [-0.15, -0.1) is 0 Å². The van der Waals surface area contributed by atoms with Gasteiger partial charge in [0.2, 0.25) is 0 Å². The van der Waals surface area contributed by atoms with Gasteiger partial charge < -0.3 is 0 Å². The van der Waals surface area contributed by atoms with E-state index in [4.69, 9.17) is 0 Å². The predicted octanol–water partition coefficient (Wildman–Crippen LogP) is 4.61. The van der Waals surface area contributed by atoms with E-state index in [2.05, 4.69) is 72.8 Å². The van der Waals surface area contributed by atoms with Gasteiger partial charge in [-0.05, 0) is 52.5 Å². The molecule has 0 aromatic heterocycles. The number of rotatable bonds is 0. The summed E-state index contributed by atoms with van der Waals surface area (Å²) in [5.41, 5.74) is 0. The fraction of sp³-hybridized carbons (Fsp3) is 0. The molecule has 0 heteroatoms. The van der Waals surface area contributed by atoms with Gasteiger partial charge in [0.05, 0.1) is 0 Å². The molecule has 0 fully saturated rings. The van der Waals surface area contributed by atoms with Crippen molar-refractivity contribution in [3.63, 3.8) is 0 Å². The van der Waals surface area contributed by atoms with Crippen molar-refractivity contribution in [3.05, 3.63) is 115 Å². The van der Waals surface area contributed by atoms with Crippen LogP contribution in [0.4, 0.5) is 0 Å². The van der Waals surface area contributed by atoms with Crippen LogP contribution in [0.1, 0.15) is 0 Å². The van der Waals surface area contributed by atoms with E-state index in [0.29, 0.717) is 0 Å². The lowest BCUT2D eigenvalue weighted by Crippen LogP contribution is -1.78. The molecule has 0 saturated carbocycles. The van der Waals surface area contributed by atoms with Gasteiger partial charge in [0.25, 0.3) is 0 Å². The average molecular weight is 276 g/mol. The molecular formula is C22H12. The summed E-state index contributed by atoms with van der Waals surface area (Å²) in [6.45, 7) is 0. The fourth-order valence-corrected chi connectivity index (χ4v) is 4.30. The van der Waals surface area contributed by atoms with Crippen LogP contribution in [0, 0.1) is 41.7 Å². The Hall–Kier alpha value is -2.86. The third-order valence-corrected chi connectivity index (χ3v) is 5.18. The highest BCUT2D eigenvalue weighted by molar-refractivity contribution is 5.87. The maximum Gasteiger partial charge on any atom is -0.00139 e. The molecule has 4 aromatic carbocycles. The molecule has 0 atom stereocenters. The molecule has 0 aliphatic heterocycles. The zero-order chi connectivity index (χ0) is 14.3. The van der Waals surface area contributed by atoms with Gasteiger partial charge >= 0.3 is 0 Å². The normalized spacial score (nSPS) is 12.5. The number of fused-ring (bicyclic) bond motifs is 2. The Morgan fingerprint density at radius 3 is 0.818 bits per heavy atom. The van der Waals surface area contributed by atoms with Crippen molar-refractivity contribution in [2.45, 2.75) is 0 Å². The van der Waals surface area contributed by atoms with Crippen LogP contribution in [0.5, 0.6) is 0 Å². The van der Waals surface area contributed by atoms with Gasteiger partial charge in [0.1, 0.15) is 0 Å². The van der Waals surface area contributed by atoms with E-state index in [1.165, 1.54) is 52.5 Å². The molecule has 100 valence electrons. The molecule has 0 nitrogen and oxygen atoms in total. The largest absolute Gasteiger partial charge is 0.0616 e. The number of benzene rings is 4. The zero-order valence-electron chi connectivity index (χ0n) is 11.9. The van der Waals surface area contributed by atoms with E-state index in [1.54, 1.807) is 0 Å². The first kappa shape index (κ1) is 10.8. The molecule has 2 aliphatic carbocycles. The summed E-state index contributed by atoms with van der Waals surface area (Å²) in [4.78, 5) is 0. The minimum Gasteiger partial charge on any atom is -0.0616 e. The summed E-state index contributed by atoms with van der Waals surface area (Å²) < 4.78 is 0. The van der Waals surface area contributed by atoms with E-state index in [1.807, 2.05) is 0 Å². The van der Waals surface area contributed by atoms with Crippen LogP contribution in [0.25, 0.3) is 10.8 Å². The Morgan fingerprint density at radius 1 is 0.273 bits per heavy atom. The minimum atomic E-state index is 1.37. The maximum absolute atomic E-state index is 2.30. The van der Waals surface area contributed by atoms with Crippen LogP contribution in [-0.2, 0) is 0 Å². The molecule has 2 aliphatic rings. The number of hydrogen-bond acceptors (Lipinski definition) is 0. The molecule has 0 saturated heterocycles. The van der Waals surface area contributed by atoms with E-state index in [9.17, 15) is 0 Å². The zero-order valence-corrected chi connectivity index (χ0v) is 11.9. The average Bonchev–Trinajstić information content (AvgIpc) is 3.08. The summed E-state index contributed by atoms with van der Waals surface area (Å²) in [6.07, 6.45) is 0. The Bertz CT molecular complexity index is 1280. The topological polar surface area (TPSA) is 0 Å². The molecule has 22 heavy (non-hydrogen) atoms. The molecule has 0 bridgehead atoms. The van der Waals surface area contributed by atoms with E-state index in [0.717, 1.165) is 0 Å². The molecular weight excluding hydrogens is 264 g/mol. The van der Waals surface area contributed by atoms with Gasteiger partial charge in [-0.3, -0.25) is 0 Å². The molecule has 0 heterocycles. The molecule has 0 amide bonds. The second-order valence-electron chi connectivity index (χ2n) is 6.16. The Balaban J connectivity index is 2.21. The molecule has 0 radical (unpaired) electrons. The first-order valence-corrected chi connectivity index (χ1v) is 7.73. The van der Waals surface area contributed by atoms with Gasteiger partial charge in [-0.2, -0.15) is 0 Å². The monoisotopic (exact) mass is 276 g/mol. The van der Waals surface area contributed by atoms with Crippen LogP contribution >= 0.6 is 0 Å². The smallest absolute Gasteiger partial charge is 0.00139 e.